The Bertz CT molecular complexity index is 1480. The molecule has 0 bridgehead atoms. The number of ketones is 1. The van der Waals surface area contributed by atoms with Gasteiger partial charge in [0.25, 0.3) is 5.91 Å². The molecule has 2 unspecified atom stereocenters. The van der Waals surface area contributed by atoms with Crippen LogP contribution in [0.4, 0.5) is 9.59 Å². The molecule has 0 aromatic heterocycles. The minimum Gasteiger partial charge on any atom is -0.491 e. The third-order valence-electron chi connectivity index (χ3n) is 7.76. The van der Waals surface area contributed by atoms with Gasteiger partial charge in [-0.15, -0.1) is 0 Å². The number of carbonyl (C=O) groups excluding carboxylic acids is 4. The number of likely N-dealkylation sites (N-methyl/N-ethyl adjacent to an activating group) is 1. The highest BCUT2D eigenvalue weighted by Crippen LogP contribution is 2.34. The summed E-state index contributed by atoms with van der Waals surface area (Å²) in [5, 5.41) is 0. The molecular weight excluding hydrogens is 550 g/mol. The van der Waals surface area contributed by atoms with Gasteiger partial charge in [0, 0.05) is 32.6 Å². The molecule has 0 spiro atoms. The Morgan fingerprint density at radius 2 is 1.70 bits per heavy atom. The molecule has 3 aliphatic rings. The maximum absolute atomic E-state index is 14.1. The van der Waals surface area contributed by atoms with Gasteiger partial charge in [0.2, 0.25) is 11.4 Å². The first kappa shape index (κ1) is 29.9. The normalized spacial score (nSPS) is 22.2. The Labute approximate surface area is 251 Å². The van der Waals surface area contributed by atoms with E-state index in [1.165, 1.54) is 19.0 Å². The van der Waals surface area contributed by atoms with Crippen LogP contribution in [-0.4, -0.2) is 94.6 Å². The number of amidine groups is 1. The molecule has 5 rings (SSSR count). The summed E-state index contributed by atoms with van der Waals surface area (Å²) in [5.74, 6) is -0.396. The van der Waals surface area contributed by atoms with Crippen LogP contribution in [0.5, 0.6) is 5.75 Å². The van der Waals surface area contributed by atoms with E-state index in [0.29, 0.717) is 24.6 Å². The molecule has 3 aliphatic heterocycles. The van der Waals surface area contributed by atoms with E-state index in [9.17, 15) is 19.2 Å². The summed E-state index contributed by atoms with van der Waals surface area (Å²) in [6.07, 6.45) is 2.64. The number of rotatable bonds is 7. The topological polar surface area (TPSA) is 121 Å². The van der Waals surface area contributed by atoms with E-state index in [1.54, 1.807) is 29.2 Å². The SMILES string of the molecule is CN1C(=O)C2=NC(Cc3ccccc3)=NC2(C(=O)c2ccc(OCC3CCCCN3C(=O)OC(C)(C)C)cc2)N(C)C1=O. The Kier molecular flexibility index (Phi) is 8.09. The van der Waals surface area contributed by atoms with Crippen LogP contribution in [0.1, 0.15) is 56.0 Å². The zero-order chi connectivity index (χ0) is 30.9. The van der Waals surface area contributed by atoms with Gasteiger partial charge >= 0.3 is 12.1 Å². The van der Waals surface area contributed by atoms with Gasteiger partial charge in [-0.1, -0.05) is 30.3 Å². The number of imide groups is 1. The summed E-state index contributed by atoms with van der Waals surface area (Å²) >= 11 is 0. The number of urea groups is 1. The van der Waals surface area contributed by atoms with Gasteiger partial charge in [-0.3, -0.25) is 19.4 Å². The maximum Gasteiger partial charge on any atom is 0.410 e. The molecule has 2 atom stereocenters. The van der Waals surface area contributed by atoms with Gasteiger partial charge in [-0.2, -0.15) is 0 Å². The molecule has 2 aromatic rings. The number of ether oxygens (including phenoxy) is 2. The van der Waals surface area contributed by atoms with Crippen molar-refractivity contribution in [3.63, 3.8) is 0 Å². The van der Waals surface area contributed by atoms with Crippen LogP contribution in [0.15, 0.2) is 64.6 Å². The van der Waals surface area contributed by atoms with E-state index in [-0.39, 0.29) is 30.0 Å². The van der Waals surface area contributed by atoms with Crippen molar-refractivity contribution in [2.45, 2.75) is 63.8 Å². The van der Waals surface area contributed by atoms with E-state index in [0.717, 1.165) is 29.7 Å². The van der Waals surface area contributed by atoms with E-state index < -0.39 is 29.0 Å². The van der Waals surface area contributed by atoms with Crippen molar-refractivity contribution >= 4 is 35.4 Å². The molecule has 0 N–H and O–H groups in total. The fourth-order valence-electron chi connectivity index (χ4n) is 5.51. The molecule has 11 nitrogen and oxygen atoms in total. The maximum atomic E-state index is 14.1. The van der Waals surface area contributed by atoms with Gasteiger partial charge in [-0.05, 0) is 69.9 Å². The smallest absolute Gasteiger partial charge is 0.410 e. The van der Waals surface area contributed by atoms with E-state index in [1.807, 2.05) is 51.1 Å². The van der Waals surface area contributed by atoms with Crippen molar-refractivity contribution < 1.29 is 28.7 Å². The molecule has 226 valence electrons. The van der Waals surface area contributed by atoms with Crippen LogP contribution in [0.25, 0.3) is 0 Å². The fraction of sp³-hybridized carbons (Fsp3) is 0.438. The number of piperidine rings is 1. The van der Waals surface area contributed by atoms with Gasteiger partial charge in [0.05, 0.1) is 6.04 Å². The van der Waals surface area contributed by atoms with Crippen molar-refractivity contribution in [1.82, 2.24) is 14.7 Å². The highest BCUT2D eigenvalue weighted by atomic mass is 16.6. The van der Waals surface area contributed by atoms with Crippen molar-refractivity contribution in [3.8, 4) is 5.75 Å². The highest BCUT2D eigenvalue weighted by molar-refractivity contribution is 6.53. The lowest BCUT2D eigenvalue weighted by atomic mass is 9.90. The summed E-state index contributed by atoms with van der Waals surface area (Å²) in [6.45, 7) is 6.41. The molecule has 43 heavy (non-hydrogen) atoms. The van der Waals surface area contributed by atoms with Crippen LogP contribution >= 0.6 is 0 Å². The predicted octanol–water partition coefficient (Wildman–Crippen LogP) is 4.35. The van der Waals surface area contributed by atoms with E-state index in [4.69, 9.17) is 9.47 Å². The first-order valence-electron chi connectivity index (χ1n) is 14.5. The Morgan fingerprint density at radius 3 is 2.37 bits per heavy atom. The van der Waals surface area contributed by atoms with E-state index >= 15 is 0 Å². The predicted molar refractivity (Wildman–Crippen MR) is 161 cm³/mol. The quantitative estimate of drug-likeness (QED) is 0.444. The number of aliphatic imine (C=N–C) groups is 2. The first-order valence-corrected chi connectivity index (χ1v) is 14.5. The number of carbonyl (C=O) groups is 4. The lowest BCUT2D eigenvalue weighted by Gasteiger charge is -2.41. The number of nitrogens with zero attached hydrogens (tertiary/aromatic N) is 5. The molecule has 2 fully saturated rings. The molecule has 0 radical (unpaired) electrons. The van der Waals surface area contributed by atoms with Crippen molar-refractivity contribution in [2.75, 3.05) is 27.2 Å². The number of hydrogen-bond acceptors (Lipinski definition) is 8. The van der Waals surface area contributed by atoms with Gasteiger partial charge < -0.3 is 14.4 Å². The van der Waals surface area contributed by atoms with Crippen LogP contribution in [0.2, 0.25) is 0 Å². The number of likely N-dealkylation sites (tertiary alicyclic amines) is 1. The average Bonchev–Trinajstić information content (AvgIpc) is 3.38. The van der Waals surface area contributed by atoms with Crippen LogP contribution in [0, 0.1) is 0 Å². The third kappa shape index (κ3) is 5.89. The Morgan fingerprint density at radius 1 is 1.00 bits per heavy atom. The second-order valence-corrected chi connectivity index (χ2v) is 12.0. The largest absolute Gasteiger partial charge is 0.491 e. The summed E-state index contributed by atoms with van der Waals surface area (Å²) < 4.78 is 11.6. The third-order valence-corrected chi connectivity index (χ3v) is 7.76. The minimum atomic E-state index is -1.90. The van der Waals surface area contributed by atoms with Crippen molar-refractivity contribution in [2.24, 2.45) is 9.98 Å². The zero-order valence-corrected chi connectivity index (χ0v) is 25.2. The molecule has 0 aliphatic carbocycles. The number of amides is 4. The number of benzene rings is 2. The monoisotopic (exact) mass is 587 g/mol. The van der Waals surface area contributed by atoms with Gasteiger partial charge in [-0.25, -0.2) is 19.6 Å². The second-order valence-electron chi connectivity index (χ2n) is 12.0. The molecule has 3 heterocycles. The molecule has 0 saturated carbocycles. The standard InChI is InChI=1S/C32H37N5O6/c1-31(2,3)43-30(41)37-18-10-9-13-23(37)20-42-24-16-14-22(15-17-24)27(38)32-26(28(39)35(4)29(40)36(32)5)33-25(34-32)19-21-11-7-6-8-12-21/h6-8,11-12,14-17,23H,9-10,13,18-20H2,1-5H3. The number of Topliss-reactive ketones (excluding diaryl/α,β-unsaturated/α-hetero) is 1. The Hall–Kier alpha value is -4.54. The van der Waals surface area contributed by atoms with Gasteiger partial charge in [0.15, 0.2) is 5.71 Å². The summed E-state index contributed by atoms with van der Waals surface area (Å²) in [6, 6.07) is 15.2. The fourth-order valence-corrected chi connectivity index (χ4v) is 5.51. The van der Waals surface area contributed by atoms with Crippen LogP contribution in [0.3, 0.4) is 0 Å². The highest BCUT2D eigenvalue weighted by Gasteiger charge is 2.60. The molecule has 2 aromatic carbocycles. The van der Waals surface area contributed by atoms with Crippen molar-refractivity contribution in [1.29, 1.82) is 0 Å². The lowest BCUT2D eigenvalue weighted by molar-refractivity contribution is -0.122. The lowest BCUT2D eigenvalue weighted by Crippen LogP contribution is -2.69. The summed E-state index contributed by atoms with van der Waals surface area (Å²) in [5.41, 5.74) is -1.44. The molecular formula is C32H37N5O6. The molecule has 11 heteroatoms. The Balaban J connectivity index is 1.35. The zero-order valence-electron chi connectivity index (χ0n) is 25.2. The summed E-state index contributed by atoms with van der Waals surface area (Å²) in [4.78, 5) is 66.0. The van der Waals surface area contributed by atoms with Gasteiger partial charge in [0.1, 0.15) is 23.8 Å². The number of hydrogen-bond donors (Lipinski definition) is 0. The number of fused-ring (bicyclic) bond motifs is 1. The second kappa shape index (κ2) is 11.6. The van der Waals surface area contributed by atoms with E-state index in [2.05, 4.69) is 9.98 Å². The average molecular weight is 588 g/mol. The summed E-state index contributed by atoms with van der Waals surface area (Å²) in [7, 11) is 2.81. The molecule has 4 amide bonds. The van der Waals surface area contributed by atoms with Crippen LogP contribution < -0.4 is 4.74 Å². The molecule has 2 saturated heterocycles. The van der Waals surface area contributed by atoms with Crippen molar-refractivity contribution in [3.05, 3.63) is 65.7 Å². The van der Waals surface area contributed by atoms with Crippen LogP contribution in [-0.2, 0) is 16.0 Å². The first-order chi connectivity index (χ1) is 20.4. The minimum absolute atomic E-state index is 0.104.